The van der Waals surface area contributed by atoms with E-state index in [1.54, 1.807) is 0 Å². The van der Waals surface area contributed by atoms with Gasteiger partial charge in [-0.1, -0.05) is 51.1 Å². The summed E-state index contributed by atoms with van der Waals surface area (Å²) < 4.78 is 5.97. The molecule has 1 aromatic carbocycles. The van der Waals surface area contributed by atoms with Crippen LogP contribution < -0.4 is 0 Å². The third-order valence-electron chi connectivity index (χ3n) is 5.03. The number of aliphatic hydroxyl groups excluding tert-OH is 1. The van der Waals surface area contributed by atoms with Gasteiger partial charge in [0.15, 0.2) is 0 Å². The SMILES string of the molecule is C[C@H](N1CCC(CCCO)(c2ccccc2)OC1=O)C(C)(C)C. The normalized spacial score (nSPS) is 23.5. The van der Waals surface area contributed by atoms with Gasteiger partial charge in [-0.2, -0.15) is 0 Å². The van der Waals surface area contributed by atoms with Crippen molar-refractivity contribution in [1.29, 1.82) is 0 Å². The third kappa shape index (κ3) is 3.86. The van der Waals surface area contributed by atoms with Gasteiger partial charge in [-0.3, -0.25) is 0 Å². The Hall–Kier alpha value is -1.55. The van der Waals surface area contributed by atoms with Crippen molar-refractivity contribution in [3.8, 4) is 0 Å². The minimum atomic E-state index is -0.616. The molecule has 0 radical (unpaired) electrons. The minimum Gasteiger partial charge on any atom is -0.438 e. The van der Waals surface area contributed by atoms with Crippen LogP contribution in [0.25, 0.3) is 0 Å². The smallest absolute Gasteiger partial charge is 0.410 e. The zero-order valence-electron chi connectivity index (χ0n) is 14.7. The van der Waals surface area contributed by atoms with Gasteiger partial charge in [0.05, 0.1) is 0 Å². The molecule has 1 heterocycles. The van der Waals surface area contributed by atoms with Gasteiger partial charge in [-0.25, -0.2) is 4.79 Å². The van der Waals surface area contributed by atoms with E-state index < -0.39 is 5.60 Å². The molecule has 1 aromatic rings. The second-order valence-electron chi connectivity index (χ2n) is 7.54. The summed E-state index contributed by atoms with van der Waals surface area (Å²) in [4.78, 5) is 14.5. The molecule has 23 heavy (non-hydrogen) atoms. The van der Waals surface area contributed by atoms with Gasteiger partial charge in [0.1, 0.15) is 5.60 Å². The molecule has 4 heteroatoms. The minimum absolute atomic E-state index is 0.0108. The van der Waals surface area contributed by atoms with E-state index in [0.29, 0.717) is 19.4 Å². The first-order chi connectivity index (χ1) is 10.8. The quantitative estimate of drug-likeness (QED) is 0.894. The average Bonchev–Trinajstić information content (AvgIpc) is 2.52. The molecule has 1 aliphatic rings. The van der Waals surface area contributed by atoms with Crippen molar-refractivity contribution >= 4 is 6.09 Å². The number of carbonyl (C=O) groups excluding carboxylic acids is 1. The summed E-state index contributed by atoms with van der Waals surface area (Å²) in [6.45, 7) is 9.26. The Morgan fingerprint density at radius 1 is 1.30 bits per heavy atom. The first-order valence-electron chi connectivity index (χ1n) is 8.46. The molecule has 0 aromatic heterocycles. The molecule has 1 aliphatic heterocycles. The van der Waals surface area contributed by atoms with Gasteiger partial charge in [0, 0.05) is 25.6 Å². The maximum atomic E-state index is 12.7. The topological polar surface area (TPSA) is 49.8 Å². The average molecular weight is 319 g/mol. The number of rotatable bonds is 5. The molecule has 2 rings (SSSR count). The molecule has 0 aliphatic carbocycles. The van der Waals surface area contributed by atoms with Crippen molar-refractivity contribution in [2.24, 2.45) is 5.41 Å². The van der Waals surface area contributed by atoms with Crippen molar-refractivity contribution in [2.75, 3.05) is 13.2 Å². The van der Waals surface area contributed by atoms with E-state index in [1.165, 1.54) is 0 Å². The summed E-state index contributed by atoms with van der Waals surface area (Å²) in [5.41, 5.74) is 0.413. The van der Waals surface area contributed by atoms with Gasteiger partial charge < -0.3 is 14.7 Å². The van der Waals surface area contributed by atoms with Gasteiger partial charge in [-0.05, 0) is 30.7 Å². The predicted molar refractivity (Wildman–Crippen MR) is 91.2 cm³/mol. The maximum Gasteiger partial charge on any atom is 0.410 e. The molecular weight excluding hydrogens is 290 g/mol. The number of nitrogens with zero attached hydrogens (tertiary/aromatic N) is 1. The van der Waals surface area contributed by atoms with Crippen LogP contribution in [-0.2, 0) is 10.3 Å². The zero-order valence-corrected chi connectivity index (χ0v) is 14.7. The molecule has 0 spiro atoms. The van der Waals surface area contributed by atoms with Crippen LogP contribution in [0.4, 0.5) is 4.79 Å². The fraction of sp³-hybridized carbons (Fsp3) is 0.632. The highest BCUT2D eigenvalue weighted by Gasteiger charge is 2.44. The van der Waals surface area contributed by atoms with E-state index >= 15 is 0 Å². The van der Waals surface area contributed by atoms with Gasteiger partial charge in [0.2, 0.25) is 0 Å². The summed E-state index contributed by atoms with van der Waals surface area (Å²) in [6, 6.07) is 10.0. The fourth-order valence-corrected chi connectivity index (χ4v) is 3.12. The molecule has 0 saturated carbocycles. The molecule has 128 valence electrons. The molecule has 1 fully saturated rings. The number of aliphatic hydroxyl groups is 1. The Morgan fingerprint density at radius 2 is 1.96 bits per heavy atom. The van der Waals surface area contributed by atoms with E-state index in [2.05, 4.69) is 27.7 Å². The molecule has 1 N–H and O–H groups in total. The van der Waals surface area contributed by atoms with Crippen LogP contribution in [0.3, 0.4) is 0 Å². The summed E-state index contributed by atoms with van der Waals surface area (Å²) in [7, 11) is 0. The van der Waals surface area contributed by atoms with E-state index in [4.69, 9.17) is 4.74 Å². The molecule has 2 atom stereocenters. The summed E-state index contributed by atoms with van der Waals surface area (Å²) in [5, 5.41) is 9.22. The summed E-state index contributed by atoms with van der Waals surface area (Å²) in [5.74, 6) is 0. The summed E-state index contributed by atoms with van der Waals surface area (Å²) >= 11 is 0. The molecule has 1 saturated heterocycles. The first-order valence-corrected chi connectivity index (χ1v) is 8.46. The highest BCUT2D eigenvalue weighted by atomic mass is 16.6. The lowest BCUT2D eigenvalue weighted by molar-refractivity contribution is -0.0760. The zero-order chi connectivity index (χ0) is 17.1. The predicted octanol–water partition coefficient (Wildman–Crippen LogP) is 3.93. The number of hydrogen-bond donors (Lipinski definition) is 1. The maximum absolute atomic E-state index is 12.7. The highest BCUT2D eigenvalue weighted by Crippen LogP contribution is 2.40. The lowest BCUT2D eigenvalue weighted by Crippen LogP contribution is -2.54. The number of amides is 1. The molecular formula is C19H29NO3. The second kappa shape index (κ2) is 6.91. The van der Waals surface area contributed by atoms with Crippen molar-refractivity contribution in [3.63, 3.8) is 0 Å². The van der Waals surface area contributed by atoms with Crippen LogP contribution in [-0.4, -0.2) is 35.3 Å². The Bertz CT molecular complexity index is 523. The Labute approximate surface area is 139 Å². The fourth-order valence-electron chi connectivity index (χ4n) is 3.12. The van der Waals surface area contributed by atoms with Crippen LogP contribution in [0.15, 0.2) is 30.3 Å². The van der Waals surface area contributed by atoms with Crippen molar-refractivity contribution in [1.82, 2.24) is 4.90 Å². The van der Waals surface area contributed by atoms with Crippen LogP contribution in [0.5, 0.6) is 0 Å². The van der Waals surface area contributed by atoms with Gasteiger partial charge >= 0.3 is 6.09 Å². The highest BCUT2D eigenvalue weighted by molar-refractivity contribution is 5.70. The van der Waals surface area contributed by atoms with Crippen molar-refractivity contribution < 1.29 is 14.6 Å². The molecule has 4 nitrogen and oxygen atoms in total. The Balaban J connectivity index is 2.23. The van der Waals surface area contributed by atoms with Crippen LogP contribution >= 0.6 is 0 Å². The third-order valence-corrected chi connectivity index (χ3v) is 5.03. The number of carbonyl (C=O) groups is 1. The number of cyclic esters (lactones) is 1. The standard InChI is InChI=1S/C19H29NO3/c1-15(18(2,3)4)20-13-12-19(11-8-14-21,23-17(20)22)16-9-6-5-7-10-16/h5-7,9-10,15,21H,8,11-14H2,1-4H3/t15-,19?/m0/s1. The number of ether oxygens (including phenoxy) is 1. The van der Waals surface area contributed by atoms with E-state index in [9.17, 15) is 9.90 Å². The molecule has 1 unspecified atom stereocenters. The number of benzene rings is 1. The van der Waals surface area contributed by atoms with E-state index in [1.807, 2.05) is 35.2 Å². The lowest BCUT2D eigenvalue weighted by atomic mass is 9.83. The lowest BCUT2D eigenvalue weighted by Gasteiger charge is -2.46. The van der Waals surface area contributed by atoms with E-state index in [0.717, 1.165) is 12.0 Å². The Morgan fingerprint density at radius 3 is 2.48 bits per heavy atom. The van der Waals surface area contributed by atoms with E-state index in [-0.39, 0.29) is 24.2 Å². The van der Waals surface area contributed by atoms with Crippen LogP contribution in [0.2, 0.25) is 0 Å². The van der Waals surface area contributed by atoms with Crippen LogP contribution in [0.1, 0.15) is 52.5 Å². The van der Waals surface area contributed by atoms with Crippen LogP contribution in [0, 0.1) is 5.41 Å². The Kier molecular flexibility index (Phi) is 5.35. The van der Waals surface area contributed by atoms with Crippen molar-refractivity contribution in [3.05, 3.63) is 35.9 Å². The van der Waals surface area contributed by atoms with Gasteiger partial charge in [-0.15, -0.1) is 0 Å². The molecule has 0 bridgehead atoms. The summed E-state index contributed by atoms with van der Waals surface area (Å²) in [6.07, 6.45) is 1.78. The van der Waals surface area contributed by atoms with Crippen molar-refractivity contribution in [2.45, 2.75) is 58.6 Å². The first kappa shape index (κ1) is 17.8. The molecule has 1 amide bonds. The second-order valence-corrected chi connectivity index (χ2v) is 7.54. The number of hydrogen-bond acceptors (Lipinski definition) is 3. The van der Waals surface area contributed by atoms with Gasteiger partial charge in [0.25, 0.3) is 0 Å². The monoisotopic (exact) mass is 319 g/mol. The largest absolute Gasteiger partial charge is 0.438 e.